The van der Waals surface area contributed by atoms with Crippen LogP contribution in [0.2, 0.25) is 0 Å². The summed E-state index contributed by atoms with van der Waals surface area (Å²) in [7, 11) is -3.73. The molecule has 0 saturated carbocycles. The standard InChI is InChI=1S/C19H24N2O4S/c1-3-13-20-18(22)14-21-16-11-8-12-17(19(16)25-4-2)26(23,24)15-9-6-5-7-10-15/h5-12,21H,3-4,13-14H2,1-2H3,(H,20,22). The number of rotatable bonds is 9. The van der Waals surface area contributed by atoms with E-state index in [2.05, 4.69) is 10.6 Å². The number of amides is 1. The first-order chi connectivity index (χ1) is 12.5. The largest absolute Gasteiger partial charge is 0.490 e. The number of carbonyl (C=O) groups is 1. The quantitative estimate of drug-likeness (QED) is 0.703. The molecule has 0 unspecified atom stereocenters. The van der Waals surface area contributed by atoms with E-state index < -0.39 is 9.84 Å². The van der Waals surface area contributed by atoms with Crippen LogP contribution in [0.3, 0.4) is 0 Å². The first kappa shape index (κ1) is 19.8. The molecule has 0 aliphatic carbocycles. The number of nitrogens with one attached hydrogen (secondary N) is 2. The Labute approximate surface area is 154 Å². The molecule has 0 bridgehead atoms. The van der Waals surface area contributed by atoms with Crippen molar-refractivity contribution in [1.29, 1.82) is 0 Å². The zero-order chi connectivity index (χ0) is 19.0. The molecule has 0 aliphatic rings. The molecule has 26 heavy (non-hydrogen) atoms. The van der Waals surface area contributed by atoms with Gasteiger partial charge >= 0.3 is 0 Å². The van der Waals surface area contributed by atoms with Gasteiger partial charge in [-0.2, -0.15) is 0 Å². The third kappa shape index (κ3) is 4.76. The van der Waals surface area contributed by atoms with E-state index in [-0.39, 0.29) is 28.0 Å². The number of sulfone groups is 1. The molecule has 140 valence electrons. The fraction of sp³-hybridized carbons (Fsp3) is 0.316. The maximum Gasteiger partial charge on any atom is 0.239 e. The molecule has 2 N–H and O–H groups in total. The zero-order valence-electron chi connectivity index (χ0n) is 15.0. The number of carbonyl (C=O) groups excluding carboxylic acids is 1. The molecular formula is C19H24N2O4S. The molecule has 0 radical (unpaired) electrons. The minimum absolute atomic E-state index is 0.0366. The van der Waals surface area contributed by atoms with E-state index in [1.165, 1.54) is 6.07 Å². The van der Waals surface area contributed by atoms with E-state index in [1.807, 2.05) is 6.92 Å². The van der Waals surface area contributed by atoms with Crippen LogP contribution in [0.25, 0.3) is 0 Å². The minimum atomic E-state index is -3.73. The Morgan fingerprint density at radius 3 is 2.42 bits per heavy atom. The van der Waals surface area contributed by atoms with Crippen LogP contribution < -0.4 is 15.4 Å². The SMILES string of the molecule is CCCNC(=O)CNc1cccc(S(=O)(=O)c2ccccc2)c1OCC. The molecular weight excluding hydrogens is 352 g/mol. The third-order valence-electron chi connectivity index (χ3n) is 3.62. The van der Waals surface area contributed by atoms with Crippen LogP contribution in [0.1, 0.15) is 20.3 Å². The summed E-state index contributed by atoms with van der Waals surface area (Å²) < 4.78 is 31.6. The van der Waals surface area contributed by atoms with Crippen LogP contribution >= 0.6 is 0 Å². The highest BCUT2D eigenvalue weighted by Crippen LogP contribution is 2.35. The van der Waals surface area contributed by atoms with Crippen molar-refractivity contribution < 1.29 is 17.9 Å². The molecule has 0 fully saturated rings. The molecule has 0 aromatic heterocycles. The molecule has 2 aromatic rings. The molecule has 0 spiro atoms. The van der Waals surface area contributed by atoms with Crippen molar-refractivity contribution in [3.63, 3.8) is 0 Å². The zero-order valence-corrected chi connectivity index (χ0v) is 15.8. The van der Waals surface area contributed by atoms with Crippen molar-refractivity contribution in [1.82, 2.24) is 5.32 Å². The second kappa shape index (κ2) is 9.24. The number of ether oxygens (including phenoxy) is 1. The molecule has 0 saturated heterocycles. The van der Waals surface area contributed by atoms with E-state index in [1.54, 1.807) is 49.4 Å². The summed E-state index contributed by atoms with van der Waals surface area (Å²) in [5, 5.41) is 5.73. The maximum absolute atomic E-state index is 13.0. The van der Waals surface area contributed by atoms with Crippen molar-refractivity contribution in [2.75, 3.05) is 25.0 Å². The first-order valence-corrected chi connectivity index (χ1v) is 10.1. The smallest absolute Gasteiger partial charge is 0.239 e. The second-order valence-corrected chi connectivity index (χ2v) is 7.50. The second-order valence-electron chi connectivity index (χ2n) is 5.59. The van der Waals surface area contributed by atoms with Gasteiger partial charge in [-0.15, -0.1) is 0 Å². The lowest BCUT2D eigenvalue weighted by molar-refractivity contribution is -0.119. The van der Waals surface area contributed by atoms with Crippen LogP contribution in [-0.2, 0) is 14.6 Å². The van der Waals surface area contributed by atoms with Crippen LogP contribution in [0, 0.1) is 0 Å². The maximum atomic E-state index is 13.0. The van der Waals surface area contributed by atoms with Crippen molar-refractivity contribution in [2.24, 2.45) is 0 Å². The summed E-state index contributed by atoms with van der Waals surface area (Å²) in [6.45, 7) is 4.69. The van der Waals surface area contributed by atoms with Gasteiger partial charge in [0.25, 0.3) is 0 Å². The van der Waals surface area contributed by atoms with E-state index in [0.717, 1.165) is 6.42 Å². The highest BCUT2D eigenvalue weighted by Gasteiger charge is 2.24. The Morgan fingerprint density at radius 1 is 1.04 bits per heavy atom. The molecule has 2 aromatic carbocycles. The Kier molecular flexibility index (Phi) is 7.03. The van der Waals surface area contributed by atoms with E-state index >= 15 is 0 Å². The Hall–Kier alpha value is -2.54. The number of para-hydroxylation sites is 1. The summed E-state index contributed by atoms with van der Waals surface area (Å²) in [5.41, 5.74) is 0.468. The van der Waals surface area contributed by atoms with Crippen molar-refractivity contribution in [2.45, 2.75) is 30.1 Å². The van der Waals surface area contributed by atoms with E-state index in [4.69, 9.17) is 4.74 Å². The van der Waals surface area contributed by atoms with E-state index in [9.17, 15) is 13.2 Å². The molecule has 2 rings (SSSR count). The Balaban J connectivity index is 2.35. The highest BCUT2D eigenvalue weighted by molar-refractivity contribution is 7.91. The molecule has 0 atom stereocenters. The molecule has 6 nitrogen and oxygen atoms in total. The molecule has 1 amide bonds. The van der Waals surface area contributed by atoms with Crippen LogP contribution in [-0.4, -0.2) is 34.0 Å². The fourth-order valence-electron chi connectivity index (χ4n) is 2.39. The summed E-state index contributed by atoms with van der Waals surface area (Å²) >= 11 is 0. The number of hydrogen-bond donors (Lipinski definition) is 2. The van der Waals surface area contributed by atoms with Gasteiger partial charge in [-0.25, -0.2) is 8.42 Å². The highest BCUT2D eigenvalue weighted by atomic mass is 32.2. The lowest BCUT2D eigenvalue weighted by atomic mass is 10.3. The Morgan fingerprint density at radius 2 is 1.77 bits per heavy atom. The topological polar surface area (TPSA) is 84.5 Å². The summed E-state index contributed by atoms with van der Waals surface area (Å²) in [6.07, 6.45) is 0.848. The summed E-state index contributed by atoms with van der Waals surface area (Å²) in [4.78, 5) is 12.1. The average Bonchev–Trinajstić information content (AvgIpc) is 2.66. The van der Waals surface area contributed by atoms with E-state index in [0.29, 0.717) is 18.8 Å². The van der Waals surface area contributed by atoms with Gasteiger partial charge in [0.2, 0.25) is 15.7 Å². The van der Waals surface area contributed by atoms with Crippen molar-refractivity contribution >= 4 is 21.4 Å². The molecule has 0 heterocycles. The van der Waals surface area contributed by atoms with Crippen molar-refractivity contribution in [3.05, 3.63) is 48.5 Å². The predicted molar refractivity (Wildman–Crippen MR) is 101 cm³/mol. The normalized spacial score (nSPS) is 11.0. The van der Waals surface area contributed by atoms with Crippen molar-refractivity contribution in [3.8, 4) is 5.75 Å². The Bertz CT molecular complexity index is 836. The summed E-state index contributed by atoms with van der Waals surface area (Å²) in [5.74, 6) is 0.0627. The van der Waals surface area contributed by atoms with Gasteiger partial charge in [0.15, 0.2) is 5.75 Å². The summed E-state index contributed by atoms with van der Waals surface area (Å²) in [6, 6.07) is 13.0. The van der Waals surface area contributed by atoms with Gasteiger partial charge < -0.3 is 15.4 Å². The van der Waals surface area contributed by atoms with Gasteiger partial charge in [-0.1, -0.05) is 31.2 Å². The van der Waals surface area contributed by atoms with Crippen LogP contribution in [0.4, 0.5) is 5.69 Å². The fourth-order valence-corrected chi connectivity index (χ4v) is 3.83. The van der Waals surface area contributed by atoms with Gasteiger partial charge in [-0.05, 0) is 37.6 Å². The van der Waals surface area contributed by atoms with Crippen LogP contribution in [0.15, 0.2) is 58.3 Å². The van der Waals surface area contributed by atoms with Gasteiger partial charge in [0, 0.05) is 6.54 Å². The average molecular weight is 376 g/mol. The molecule has 7 heteroatoms. The third-order valence-corrected chi connectivity index (χ3v) is 5.42. The minimum Gasteiger partial charge on any atom is -0.490 e. The lowest BCUT2D eigenvalue weighted by Crippen LogP contribution is -2.30. The predicted octanol–water partition coefficient (Wildman–Crippen LogP) is 2.86. The van der Waals surface area contributed by atoms with Gasteiger partial charge in [0.1, 0.15) is 4.90 Å². The number of anilines is 1. The van der Waals surface area contributed by atoms with Crippen LogP contribution in [0.5, 0.6) is 5.75 Å². The number of hydrogen-bond acceptors (Lipinski definition) is 5. The molecule has 0 aliphatic heterocycles. The number of benzene rings is 2. The first-order valence-electron chi connectivity index (χ1n) is 8.57. The monoisotopic (exact) mass is 376 g/mol. The van der Waals surface area contributed by atoms with Gasteiger partial charge in [0.05, 0.1) is 23.7 Å². The lowest BCUT2D eigenvalue weighted by Gasteiger charge is -2.16. The van der Waals surface area contributed by atoms with Gasteiger partial charge in [-0.3, -0.25) is 4.79 Å².